The standard InChI is InChI=1S/C52H32N2S/c1-3-15-35(16-4-1)53-45-24-12-9-22-41(45)49-38-20-7-8-21-39(38)50-42-23-10-13-25-46(42)54(36-17-5-2-6-18-36)52(50)44-32-33(27-29-40(44)51(49)53)34-28-30-48-43(31-34)37-19-11-14-26-47(37)55-48/h1-32H. The second-order valence-corrected chi connectivity index (χ2v) is 15.5. The lowest BCUT2D eigenvalue weighted by Crippen LogP contribution is -2.04. The van der Waals surface area contributed by atoms with Crippen LogP contribution in [0.3, 0.4) is 0 Å². The predicted molar refractivity (Wildman–Crippen MR) is 234 cm³/mol. The molecule has 0 atom stereocenters. The number of hydrogen-bond donors (Lipinski definition) is 0. The number of aromatic nitrogens is 2. The maximum absolute atomic E-state index is 2.50. The summed E-state index contributed by atoms with van der Waals surface area (Å²) in [6.45, 7) is 0. The summed E-state index contributed by atoms with van der Waals surface area (Å²) in [6.07, 6.45) is 0. The lowest BCUT2D eigenvalue weighted by atomic mass is 9.83. The van der Waals surface area contributed by atoms with E-state index in [4.69, 9.17) is 0 Å². The van der Waals surface area contributed by atoms with Crippen LogP contribution in [0, 0.1) is 0 Å². The van der Waals surface area contributed by atoms with E-state index in [-0.39, 0.29) is 0 Å². The molecule has 0 amide bonds. The molecule has 0 aliphatic heterocycles. The van der Waals surface area contributed by atoms with Crippen molar-refractivity contribution in [2.24, 2.45) is 0 Å². The Bertz CT molecular complexity index is 3310. The van der Waals surface area contributed by atoms with E-state index >= 15 is 0 Å². The Kier molecular flexibility index (Phi) is 6.54. The SMILES string of the molecule is c1ccc(-n2c3c(c4ccccc42)-c2ccccc2-c2c(n(-c4ccccc4)c4ccccc24)-c2cc(-c4ccc5sc6ccccc6c5c4)ccc2-3)cc1. The van der Waals surface area contributed by atoms with Gasteiger partial charge >= 0.3 is 0 Å². The molecule has 2 nitrogen and oxygen atoms in total. The molecule has 0 bridgehead atoms. The quantitative estimate of drug-likeness (QED) is 0.172. The van der Waals surface area contributed by atoms with Crippen molar-refractivity contribution in [2.75, 3.05) is 0 Å². The topological polar surface area (TPSA) is 9.86 Å². The Hall–Kier alpha value is -6.94. The predicted octanol–water partition coefficient (Wildman–Crippen LogP) is 14.6. The van der Waals surface area contributed by atoms with Crippen LogP contribution in [0.15, 0.2) is 194 Å². The molecule has 0 saturated heterocycles. The molecule has 3 heterocycles. The van der Waals surface area contributed by atoms with Crippen molar-refractivity contribution in [3.05, 3.63) is 194 Å². The van der Waals surface area contributed by atoms with Crippen molar-refractivity contribution in [3.8, 4) is 67.3 Å². The minimum absolute atomic E-state index is 1.14. The lowest BCUT2D eigenvalue weighted by molar-refractivity contribution is 1.12. The summed E-state index contributed by atoms with van der Waals surface area (Å²) in [5.41, 5.74) is 16.9. The first kappa shape index (κ1) is 30.5. The highest BCUT2D eigenvalue weighted by Crippen LogP contribution is 2.55. The van der Waals surface area contributed by atoms with E-state index in [0.717, 1.165) is 11.4 Å². The van der Waals surface area contributed by atoms with Crippen LogP contribution in [0.4, 0.5) is 0 Å². The van der Waals surface area contributed by atoms with Crippen molar-refractivity contribution in [1.29, 1.82) is 0 Å². The molecule has 0 saturated carbocycles. The first-order valence-electron chi connectivity index (χ1n) is 18.9. The Labute approximate surface area is 322 Å². The van der Waals surface area contributed by atoms with E-state index in [1.54, 1.807) is 0 Å². The van der Waals surface area contributed by atoms with Gasteiger partial charge in [-0.3, -0.25) is 0 Å². The fraction of sp³-hybridized carbons (Fsp3) is 0. The van der Waals surface area contributed by atoms with E-state index in [9.17, 15) is 0 Å². The van der Waals surface area contributed by atoms with Crippen LogP contribution in [0.2, 0.25) is 0 Å². The molecular formula is C52H32N2S. The number of nitrogens with zero attached hydrogens (tertiary/aromatic N) is 2. The first-order chi connectivity index (χ1) is 27.3. The van der Waals surface area contributed by atoms with Crippen molar-refractivity contribution in [3.63, 3.8) is 0 Å². The zero-order valence-corrected chi connectivity index (χ0v) is 30.6. The summed E-state index contributed by atoms with van der Waals surface area (Å²) in [7, 11) is 0. The second-order valence-electron chi connectivity index (χ2n) is 14.4. The van der Waals surface area contributed by atoms with E-state index in [1.165, 1.54) is 97.9 Å². The number of rotatable bonds is 3. The molecule has 1 aliphatic rings. The Morgan fingerprint density at radius 3 is 1.42 bits per heavy atom. The molecule has 11 aromatic rings. The van der Waals surface area contributed by atoms with Crippen LogP contribution in [-0.2, 0) is 0 Å². The largest absolute Gasteiger partial charge is 0.309 e. The Morgan fingerprint density at radius 1 is 0.309 bits per heavy atom. The average molecular weight is 717 g/mol. The zero-order chi connectivity index (χ0) is 36.0. The molecule has 256 valence electrons. The lowest BCUT2D eigenvalue weighted by Gasteiger charge is -2.24. The summed E-state index contributed by atoms with van der Waals surface area (Å²) in [5, 5.41) is 5.11. The van der Waals surface area contributed by atoms with Gasteiger partial charge in [0.15, 0.2) is 0 Å². The minimum Gasteiger partial charge on any atom is -0.309 e. The number of thiophene rings is 1. The van der Waals surface area contributed by atoms with Crippen molar-refractivity contribution < 1.29 is 0 Å². The zero-order valence-electron chi connectivity index (χ0n) is 29.8. The number of benzene rings is 8. The van der Waals surface area contributed by atoms with Crippen LogP contribution in [0.25, 0.3) is 109 Å². The van der Waals surface area contributed by atoms with Gasteiger partial charge < -0.3 is 9.13 Å². The third-order valence-corrected chi connectivity index (χ3v) is 12.6. The van der Waals surface area contributed by atoms with Crippen LogP contribution in [0.1, 0.15) is 0 Å². The second kappa shape index (κ2) is 11.8. The van der Waals surface area contributed by atoms with Gasteiger partial charge in [0.25, 0.3) is 0 Å². The summed E-state index contributed by atoms with van der Waals surface area (Å²) in [5.74, 6) is 0. The smallest absolute Gasteiger partial charge is 0.0626 e. The van der Waals surface area contributed by atoms with Crippen LogP contribution < -0.4 is 0 Å². The van der Waals surface area contributed by atoms with Gasteiger partial charge in [-0.25, -0.2) is 0 Å². The van der Waals surface area contributed by atoms with Crippen molar-refractivity contribution >= 4 is 53.3 Å². The van der Waals surface area contributed by atoms with Gasteiger partial charge in [-0.15, -0.1) is 11.3 Å². The minimum atomic E-state index is 1.14. The first-order valence-corrected chi connectivity index (χ1v) is 19.7. The molecular weight excluding hydrogens is 685 g/mol. The van der Waals surface area contributed by atoms with Crippen molar-refractivity contribution in [2.45, 2.75) is 0 Å². The fourth-order valence-corrected chi connectivity index (χ4v) is 10.3. The highest BCUT2D eigenvalue weighted by Gasteiger charge is 2.32. The third-order valence-electron chi connectivity index (χ3n) is 11.5. The van der Waals surface area contributed by atoms with E-state index in [0.29, 0.717) is 0 Å². The Balaban J connectivity index is 1.28. The molecule has 0 N–H and O–H groups in total. The summed E-state index contributed by atoms with van der Waals surface area (Å²) in [4.78, 5) is 0. The fourth-order valence-electron chi connectivity index (χ4n) is 9.18. The highest BCUT2D eigenvalue weighted by atomic mass is 32.1. The van der Waals surface area contributed by atoms with Gasteiger partial charge in [0.1, 0.15) is 0 Å². The van der Waals surface area contributed by atoms with Crippen LogP contribution >= 0.6 is 11.3 Å². The molecule has 12 rings (SSSR count). The number of fused-ring (bicyclic) bond motifs is 15. The molecule has 0 unspecified atom stereocenters. The number of hydrogen-bond acceptors (Lipinski definition) is 1. The molecule has 0 spiro atoms. The summed E-state index contributed by atoms with van der Waals surface area (Å²) < 4.78 is 7.63. The number of para-hydroxylation sites is 4. The van der Waals surface area contributed by atoms with Gasteiger partial charge in [0.2, 0.25) is 0 Å². The van der Waals surface area contributed by atoms with E-state index in [1.807, 2.05) is 11.3 Å². The maximum Gasteiger partial charge on any atom is 0.0626 e. The third kappa shape index (κ3) is 4.42. The van der Waals surface area contributed by atoms with E-state index in [2.05, 4.69) is 203 Å². The molecule has 0 fully saturated rings. The summed E-state index contributed by atoms with van der Waals surface area (Å²) in [6, 6.07) is 71.6. The highest BCUT2D eigenvalue weighted by molar-refractivity contribution is 7.25. The molecule has 3 aromatic heterocycles. The molecule has 55 heavy (non-hydrogen) atoms. The Morgan fingerprint density at radius 2 is 0.782 bits per heavy atom. The van der Waals surface area contributed by atoms with Gasteiger partial charge in [0.05, 0.1) is 22.4 Å². The average Bonchev–Trinajstić information content (AvgIpc) is 3.91. The van der Waals surface area contributed by atoms with Crippen LogP contribution in [0.5, 0.6) is 0 Å². The monoisotopic (exact) mass is 716 g/mol. The van der Waals surface area contributed by atoms with Crippen molar-refractivity contribution in [1.82, 2.24) is 9.13 Å². The molecule has 1 aliphatic carbocycles. The van der Waals surface area contributed by atoms with Gasteiger partial charge in [0, 0.05) is 64.6 Å². The van der Waals surface area contributed by atoms with Gasteiger partial charge in [-0.2, -0.15) is 0 Å². The van der Waals surface area contributed by atoms with Gasteiger partial charge in [-0.05, 0) is 82.9 Å². The van der Waals surface area contributed by atoms with Gasteiger partial charge in [-0.1, -0.05) is 133 Å². The molecule has 0 radical (unpaired) electrons. The van der Waals surface area contributed by atoms with E-state index < -0.39 is 0 Å². The molecule has 8 aromatic carbocycles. The summed E-state index contributed by atoms with van der Waals surface area (Å²) >= 11 is 1.87. The normalized spacial score (nSPS) is 12.0. The maximum atomic E-state index is 2.50. The van der Waals surface area contributed by atoms with Crippen LogP contribution in [-0.4, -0.2) is 9.13 Å². The molecule has 3 heteroatoms.